The molecule has 0 saturated heterocycles. The summed E-state index contributed by atoms with van der Waals surface area (Å²) in [4.78, 5) is 11.9. The van der Waals surface area contributed by atoms with Crippen LogP contribution in [0.4, 0.5) is 0 Å². The van der Waals surface area contributed by atoms with Crippen LogP contribution in [0.2, 0.25) is 0 Å². The van der Waals surface area contributed by atoms with Gasteiger partial charge in [0.15, 0.2) is 0 Å². The second-order valence-corrected chi connectivity index (χ2v) is 5.80. The van der Waals surface area contributed by atoms with Gasteiger partial charge in [-0.05, 0) is 38.0 Å². The molecule has 114 valence electrons. The number of nitrogens with one attached hydrogen (secondary N) is 1. The molecule has 2 aromatic rings. The predicted molar refractivity (Wildman–Crippen MR) is 81.0 cm³/mol. The van der Waals surface area contributed by atoms with E-state index >= 15 is 0 Å². The van der Waals surface area contributed by atoms with Crippen LogP contribution in [0, 0.1) is 19.8 Å². The van der Waals surface area contributed by atoms with E-state index in [2.05, 4.69) is 10.4 Å². The van der Waals surface area contributed by atoms with Crippen molar-refractivity contribution in [3.8, 4) is 0 Å². The van der Waals surface area contributed by atoms with Gasteiger partial charge in [0.05, 0.1) is 12.0 Å². The molecule has 1 amide bonds. The fraction of sp³-hybridized carbons (Fsp3) is 0.500. The monoisotopic (exact) mass is 289 g/mol. The number of furan rings is 1. The molecule has 0 aromatic carbocycles. The average Bonchev–Trinajstić information content (AvgIpc) is 3.00. The maximum atomic E-state index is 11.9. The number of aromatic nitrogens is 2. The van der Waals surface area contributed by atoms with E-state index in [1.807, 2.05) is 50.6 Å². The molecule has 5 heteroatoms. The molecule has 0 aliphatic heterocycles. The zero-order chi connectivity index (χ0) is 15.4. The first-order valence-corrected chi connectivity index (χ1v) is 7.30. The Morgan fingerprint density at radius 3 is 2.71 bits per heavy atom. The van der Waals surface area contributed by atoms with Crippen molar-refractivity contribution in [1.29, 1.82) is 0 Å². The second kappa shape index (κ2) is 6.61. The van der Waals surface area contributed by atoms with Crippen molar-refractivity contribution >= 4 is 5.91 Å². The highest BCUT2D eigenvalue weighted by molar-refractivity contribution is 5.76. The minimum atomic E-state index is -0.121. The van der Waals surface area contributed by atoms with E-state index < -0.39 is 0 Å². The molecule has 1 unspecified atom stereocenters. The van der Waals surface area contributed by atoms with Gasteiger partial charge in [-0.2, -0.15) is 5.10 Å². The van der Waals surface area contributed by atoms with Crippen LogP contribution in [0.3, 0.4) is 0 Å². The summed E-state index contributed by atoms with van der Waals surface area (Å²) in [5.74, 6) is 1.20. The van der Waals surface area contributed by atoms with Crippen LogP contribution in [-0.4, -0.2) is 22.2 Å². The summed E-state index contributed by atoms with van der Waals surface area (Å²) in [6.07, 6.45) is 2.17. The predicted octanol–water partition coefficient (Wildman–Crippen LogP) is 2.84. The Bertz CT molecular complexity index is 585. The van der Waals surface area contributed by atoms with Crippen molar-refractivity contribution in [2.45, 2.75) is 40.2 Å². The third kappa shape index (κ3) is 3.97. The summed E-state index contributed by atoms with van der Waals surface area (Å²) in [5, 5.41) is 7.49. The molecule has 1 N–H and O–H groups in total. The molecule has 0 aliphatic rings. The number of amides is 1. The fourth-order valence-electron chi connectivity index (χ4n) is 2.40. The summed E-state index contributed by atoms with van der Waals surface area (Å²) in [6, 6.07) is 5.66. The number of hydrogen-bond donors (Lipinski definition) is 1. The fourth-order valence-corrected chi connectivity index (χ4v) is 2.40. The Balaban J connectivity index is 2.15. The molecule has 5 nitrogen and oxygen atoms in total. The Hall–Kier alpha value is -2.04. The van der Waals surface area contributed by atoms with Gasteiger partial charge in [-0.15, -0.1) is 0 Å². The van der Waals surface area contributed by atoms with E-state index in [1.165, 1.54) is 0 Å². The van der Waals surface area contributed by atoms with Gasteiger partial charge in [0.2, 0.25) is 5.91 Å². The lowest BCUT2D eigenvalue weighted by Gasteiger charge is -2.18. The maximum absolute atomic E-state index is 11.9. The largest absolute Gasteiger partial charge is 0.467 e. The number of rotatable bonds is 6. The van der Waals surface area contributed by atoms with Crippen molar-refractivity contribution < 1.29 is 9.21 Å². The van der Waals surface area contributed by atoms with E-state index in [9.17, 15) is 4.79 Å². The molecule has 1 atom stereocenters. The highest BCUT2D eigenvalue weighted by Crippen LogP contribution is 2.20. The summed E-state index contributed by atoms with van der Waals surface area (Å²) in [7, 11) is 0. The van der Waals surface area contributed by atoms with E-state index in [0.29, 0.717) is 18.9 Å². The van der Waals surface area contributed by atoms with Crippen LogP contribution in [0.1, 0.15) is 43.5 Å². The van der Waals surface area contributed by atoms with Crippen molar-refractivity contribution in [2.24, 2.45) is 5.92 Å². The zero-order valence-corrected chi connectivity index (χ0v) is 13.1. The Morgan fingerprint density at radius 1 is 1.43 bits per heavy atom. The Morgan fingerprint density at radius 2 is 2.19 bits per heavy atom. The standard InChI is InChI=1S/C16H23N3O2/c1-11(2)8-16(20)17-10-14(15-6-5-7-21-15)19-13(4)9-12(3)18-19/h5-7,9,11,14H,8,10H2,1-4H3,(H,17,20). The van der Waals surface area contributed by atoms with Crippen molar-refractivity contribution in [1.82, 2.24) is 15.1 Å². The van der Waals surface area contributed by atoms with Crippen LogP contribution < -0.4 is 5.32 Å². The second-order valence-electron chi connectivity index (χ2n) is 5.80. The van der Waals surface area contributed by atoms with Crippen LogP contribution in [0.15, 0.2) is 28.9 Å². The number of carbonyl (C=O) groups is 1. The lowest BCUT2D eigenvalue weighted by Crippen LogP contribution is -2.32. The third-order valence-corrected chi connectivity index (χ3v) is 3.30. The maximum Gasteiger partial charge on any atom is 0.220 e. The molecular weight excluding hydrogens is 266 g/mol. The molecule has 2 heterocycles. The molecular formula is C16H23N3O2. The highest BCUT2D eigenvalue weighted by atomic mass is 16.3. The van der Waals surface area contributed by atoms with Gasteiger partial charge in [-0.25, -0.2) is 0 Å². The Kier molecular flexibility index (Phi) is 4.83. The zero-order valence-electron chi connectivity index (χ0n) is 13.1. The molecule has 0 radical (unpaired) electrons. The average molecular weight is 289 g/mol. The van der Waals surface area contributed by atoms with Crippen LogP contribution in [0.5, 0.6) is 0 Å². The van der Waals surface area contributed by atoms with E-state index in [4.69, 9.17) is 4.42 Å². The lowest BCUT2D eigenvalue weighted by molar-refractivity contribution is -0.121. The van der Waals surface area contributed by atoms with Gasteiger partial charge in [0, 0.05) is 18.7 Å². The van der Waals surface area contributed by atoms with Crippen molar-refractivity contribution in [2.75, 3.05) is 6.54 Å². The van der Waals surface area contributed by atoms with Gasteiger partial charge in [-0.1, -0.05) is 13.8 Å². The van der Waals surface area contributed by atoms with Gasteiger partial charge in [0.1, 0.15) is 11.8 Å². The highest BCUT2D eigenvalue weighted by Gasteiger charge is 2.20. The minimum Gasteiger partial charge on any atom is -0.467 e. The lowest BCUT2D eigenvalue weighted by atomic mass is 10.1. The van der Waals surface area contributed by atoms with E-state index in [-0.39, 0.29) is 11.9 Å². The molecule has 0 fully saturated rings. The smallest absolute Gasteiger partial charge is 0.220 e. The summed E-state index contributed by atoms with van der Waals surface area (Å²) >= 11 is 0. The molecule has 0 aliphatic carbocycles. The summed E-state index contributed by atoms with van der Waals surface area (Å²) < 4.78 is 7.42. The third-order valence-electron chi connectivity index (χ3n) is 3.30. The molecule has 21 heavy (non-hydrogen) atoms. The molecule has 2 aromatic heterocycles. The van der Waals surface area contributed by atoms with E-state index in [1.54, 1.807) is 6.26 Å². The SMILES string of the molecule is Cc1cc(C)n(C(CNC(=O)CC(C)C)c2ccco2)n1. The van der Waals surface area contributed by atoms with Gasteiger partial charge >= 0.3 is 0 Å². The number of carbonyl (C=O) groups excluding carboxylic acids is 1. The molecule has 2 rings (SSSR count). The van der Waals surface area contributed by atoms with Crippen LogP contribution in [-0.2, 0) is 4.79 Å². The topological polar surface area (TPSA) is 60.1 Å². The molecule has 0 saturated carbocycles. The first-order chi connectivity index (χ1) is 9.97. The summed E-state index contributed by atoms with van der Waals surface area (Å²) in [6.45, 7) is 8.50. The molecule has 0 spiro atoms. The van der Waals surface area contributed by atoms with Gasteiger partial charge in [-0.3, -0.25) is 9.48 Å². The van der Waals surface area contributed by atoms with E-state index in [0.717, 1.165) is 17.1 Å². The number of nitrogens with zero attached hydrogens (tertiary/aromatic N) is 2. The first-order valence-electron chi connectivity index (χ1n) is 7.30. The Labute approximate surface area is 125 Å². The van der Waals surface area contributed by atoms with Crippen molar-refractivity contribution in [3.63, 3.8) is 0 Å². The van der Waals surface area contributed by atoms with Crippen LogP contribution >= 0.6 is 0 Å². The summed E-state index contributed by atoms with van der Waals surface area (Å²) in [5.41, 5.74) is 2.00. The van der Waals surface area contributed by atoms with Gasteiger partial charge < -0.3 is 9.73 Å². The number of aryl methyl sites for hydroxylation is 2. The normalized spacial score (nSPS) is 12.6. The number of hydrogen-bond acceptors (Lipinski definition) is 3. The van der Waals surface area contributed by atoms with Crippen LogP contribution in [0.25, 0.3) is 0 Å². The minimum absolute atomic E-state index is 0.0584. The first kappa shape index (κ1) is 15.4. The molecule has 0 bridgehead atoms. The van der Waals surface area contributed by atoms with Crippen molar-refractivity contribution in [3.05, 3.63) is 41.6 Å². The van der Waals surface area contributed by atoms with Gasteiger partial charge in [0.25, 0.3) is 0 Å². The quantitative estimate of drug-likeness (QED) is 0.889.